The summed E-state index contributed by atoms with van der Waals surface area (Å²) in [5.74, 6) is -0.263. The van der Waals surface area contributed by atoms with E-state index < -0.39 is 0 Å². The van der Waals surface area contributed by atoms with Gasteiger partial charge in [-0.3, -0.25) is 9.69 Å². The number of hydrogen-bond donors (Lipinski definition) is 2. The fourth-order valence-electron chi connectivity index (χ4n) is 2.61. The largest absolute Gasteiger partial charge is 0.372 e. The number of carbonyl (C=O) groups is 1. The summed E-state index contributed by atoms with van der Waals surface area (Å²) in [5.41, 5.74) is 5.37. The van der Waals surface area contributed by atoms with E-state index in [1.54, 1.807) is 0 Å². The number of rotatable bonds is 5. The highest BCUT2D eigenvalue weighted by Crippen LogP contribution is 2.26. The standard InChI is InChI=1S/C11H21N3O2/c1-2-13-10(11(12)15)7-14-5-8-3-4-9(6-14)16-8/h8-10,13H,2-7H2,1H3,(H2,12,15). The van der Waals surface area contributed by atoms with Crippen molar-refractivity contribution >= 4 is 5.91 Å². The van der Waals surface area contributed by atoms with Crippen molar-refractivity contribution in [2.75, 3.05) is 26.2 Å². The van der Waals surface area contributed by atoms with Crippen LogP contribution in [0.4, 0.5) is 0 Å². The zero-order chi connectivity index (χ0) is 11.5. The van der Waals surface area contributed by atoms with Crippen LogP contribution in [0.1, 0.15) is 19.8 Å². The van der Waals surface area contributed by atoms with Crippen molar-refractivity contribution in [1.29, 1.82) is 0 Å². The summed E-state index contributed by atoms with van der Waals surface area (Å²) < 4.78 is 5.75. The smallest absolute Gasteiger partial charge is 0.235 e. The van der Waals surface area contributed by atoms with Crippen LogP contribution in [0.2, 0.25) is 0 Å². The highest BCUT2D eigenvalue weighted by molar-refractivity contribution is 5.80. The molecule has 3 unspecified atom stereocenters. The summed E-state index contributed by atoms with van der Waals surface area (Å²) >= 11 is 0. The molecule has 2 rings (SSSR count). The molecule has 2 aliphatic rings. The molecule has 16 heavy (non-hydrogen) atoms. The normalized spacial score (nSPS) is 31.6. The van der Waals surface area contributed by atoms with Crippen LogP contribution in [0, 0.1) is 0 Å². The minimum absolute atomic E-state index is 0.234. The van der Waals surface area contributed by atoms with Gasteiger partial charge >= 0.3 is 0 Å². The maximum absolute atomic E-state index is 11.2. The highest BCUT2D eigenvalue weighted by atomic mass is 16.5. The first-order valence-electron chi connectivity index (χ1n) is 6.09. The van der Waals surface area contributed by atoms with Crippen LogP contribution in [0.5, 0.6) is 0 Å². The van der Waals surface area contributed by atoms with Gasteiger partial charge in [-0.05, 0) is 19.4 Å². The van der Waals surface area contributed by atoms with Crippen molar-refractivity contribution in [2.45, 2.75) is 38.0 Å². The lowest BCUT2D eigenvalue weighted by atomic mass is 10.2. The molecule has 0 aromatic carbocycles. The molecule has 2 aliphatic heterocycles. The Kier molecular flexibility index (Phi) is 3.78. The Morgan fingerprint density at radius 3 is 2.62 bits per heavy atom. The van der Waals surface area contributed by atoms with Crippen LogP contribution in [0.25, 0.3) is 0 Å². The molecule has 0 aliphatic carbocycles. The quantitative estimate of drug-likeness (QED) is 0.652. The van der Waals surface area contributed by atoms with E-state index in [4.69, 9.17) is 10.5 Å². The maximum Gasteiger partial charge on any atom is 0.235 e. The molecular formula is C11H21N3O2. The second-order valence-electron chi connectivity index (χ2n) is 4.69. The van der Waals surface area contributed by atoms with Gasteiger partial charge in [-0.25, -0.2) is 0 Å². The van der Waals surface area contributed by atoms with Gasteiger partial charge in [0, 0.05) is 19.6 Å². The van der Waals surface area contributed by atoms with Gasteiger partial charge in [0.15, 0.2) is 0 Å². The van der Waals surface area contributed by atoms with E-state index in [9.17, 15) is 4.79 Å². The lowest BCUT2D eigenvalue weighted by Crippen LogP contribution is -2.53. The molecule has 3 atom stereocenters. The number of carbonyl (C=O) groups excluding carboxylic acids is 1. The molecule has 5 heteroatoms. The Bertz CT molecular complexity index is 248. The van der Waals surface area contributed by atoms with E-state index in [-0.39, 0.29) is 11.9 Å². The Labute approximate surface area is 96.3 Å². The molecule has 1 amide bonds. The third-order valence-electron chi connectivity index (χ3n) is 3.35. The number of fused-ring (bicyclic) bond motifs is 2. The van der Waals surface area contributed by atoms with E-state index in [1.165, 1.54) is 0 Å². The number of likely N-dealkylation sites (tertiary alicyclic amines) is 1. The summed E-state index contributed by atoms with van der Waals surface area (Å²) in [4.78, 5) is 13.5. The summed E-state index contributed by atoms with van der Waals surface area (Å²) in [6.07, 6.45) is 3.05. The maximum atomic E-state index is 11.2. The molecule has 2 saturated heterocycles. The zero-order valence-corrected chi connectivity index (χ0v) is 9.82. The third kappa shape index (κ3) is 2.72. The zero-order valence-electron chi connectivity index (χ0n) is 9.82. The van der Waals surface area contributed by atoms with E-state index in [0.717, 1.165) is 32.5 Å². The molecule has 3 N–H and O–H groups in total. The third-order valence-corrected chi connectivity index (χ3v) is 3.35. The second kappa shape index (κ2) is 5.12. The number of ether oxygens (including phenoxy) is 1. The Morgan fingerprint density at radius 2 is 2.12 bits per heavy atom. The van der Waals surface area contributed by atoms with Crippen LogP contribution in [0.3, 0.4) is 0 Å². The number of primary amides is 1. The van der Waals surface area contributed by atoms with Gasteiger partial charge in [-0.1, -0.05) is 6.92 Å². The molecule has 92 valence electrons. The number of amides is 1. The fourth-order valence-corrected chi connectivity index (χ4v) is 2.61. The summed E-state index contributed by atoms with van der Waals surface area (Å²) in [7, 11) is 0. The predicted molar refractivity (Wildman–Crippen MR) is 61.0 cm³/mol. The second-order valence-corrected chi connectivity index (χ2v) is 4.69. The van der Waals surface area contributed by atoms with Crippen LogP contribution in [0.15, 0.2) is 0 Å². The highest BCUT2D eigenvalue weighted by Gasteiger charge is 2.34. The topological polar surface area (TPSA) is 67.6 Å². The summed E-state index contributed by atoms with van der Waals surface area (Å²) in [5, 5.41) is 3.12. The molecule has 0 aromatic heterocycles. The Morgan fingerprint density at radius 1 is 1.50 bits per heavy atom. The van der Waals surface area contributed by atoms with E-state index >= 15 is 0 Å². The number of nitrogens with two attached hydrogens (primary N) is 1. The molecule has 0 aromatic rings. The minimum Gasteiger partial charge on any atom is -0.372 e. The molecule has 0 saturated carbocycles. The summed E-state index contributed by atoms with van der Waals surface area (Å²) in [6, 6.07) is -0.234. The first-order valence-corrected chi connectivity index (χ1v) is 6.09. The lowest BCUT2D eigenvalue weighted by molar-refractivity contribution is -0.121. The van der Waals surface area contributed by atoms with E-state index in [1.807, 2.05) is 6.92 Å². The van der Waals surface area contributed by atoms with Crippen molar-refractivity contribution in [3.63, 3.8) is 0 Å². The van der Waals surface area contributed by atoms with Crippen LogP contribution in [-0.4, -0.2) is 55.2 Å². The molecule has 5 nitrogen and oxygen atoms in total. The number of likely N-dealkylation sites (N-methyl/N-ethyl adjacent to an activating group) is 1. The van der Waals surface area contributed by atoms with Gasteiger partial charge in [0.05, 0.1) is 18.2 Å². The van der Waals surface area contributed by atoms with Gasteiger partial charge in [-0.15, -0.1) is 0 Å². The van der Waals surface area contributed by atoms with Crippen molar-refractivity contribution in [3.05, 3.63) is 0 Å². The van der Waals surface area contributed by atoms with Crippen molar-refractivity contribution in [2.24, 2.45) is 5.73 Å². The van der Waals surface area contributed by atoms with Gasteiger partial charge in [0.1, 0.15) is 0 Å². The molecule has 0 radical (unpaired) electrons. The first kappa shape index (κ1) is 11.8. The molecule has 2 heterocycles. The number of nitrogens with zero attached hydrogens (tertiary/aromatic N) is 1. The van der Waals surface area contributed by atoms with E-state index in [0.29, 0.717) is 18.8 Å². The van der Waals surface area contributed by atoms with Gasteiger partial charge in [-0.2, -0.15) is 0 Å². The van der Waals surface area contributed by atoms with Crippen molar-refractivity contribution < 1.29 is 9.53 Å². The van der Waals surface area contributed by atoms with Gasteiger partial charge in [0.2, 0.25) is 5.91 Å². The minimum atomic E-state index is -0.263. The number of nitrogens with one attached hydrogen (secondary N) is 1. The van der Waals surface area contributed by atoms with Crippen LogP contribution < -0.4 is 11.1 Å². The van der Waals surface area contributed by atoms with Crippen molar-refractivity contribution in [1.82, 2.24) is 10.2 Å². The Balaban J connectivity index is 1.85. The summed E-state index contributed by atoms with van der Waals surface area (Å²) in [6.45, 7) is 5.33. The first-order chi connectivity index (χ1) is 7.69. The fraction of sp³-hybridized carbons (Fsp3) is 0.909. The van der Waals surface area contributed by atoms with Gasteiger partial charge < -0.3 is 15.8 Å². The SMILES string of the molecule is CCNC(CN1CC2CCC(C1)O2)C(N)=O. The van der Waals surface area contributed by atoms with Crippen molar-refractivity contribution in [3.8, 4) is 0 Å². The monoisotopic (exact) mass is 227 g/mol. The number of hydrogen-bond acceptors (Lipinski definition) is 4. The molecule has 2 fully saturated rings. The average molecular weight is 227 g/mol. The van der Waals surface area contributed by atoms with Crippen LogP contribution >= 0.6 is 0 Å². The number of morpholine rings is 1. The predicted octanol–water partition coefficient (Wildman–Crippen LogP) is -0.687. The van der Waals surface area contributed by atoms with E-state index in [2.05, 4.69) is 10.2 Å². The Hall–Kier alpha value is -0.650. The van der Waals surface area contributed by atoms with Crippen LogP contribution in [-0.2, 0) is 9.53 Å². The molecular weight excluding hydrogens is 206 g/mol. The lowest BCUT2D eigenvalue weighted by Gasteiger charge is -2.33. The molecule has 2 bridgehead atoms. The average Bonchev–Trinajstić information content (AvgIpc) is 2.57. The van der Waals surface area contributed by atoms with Gasteiger partial charge in [0.25, 0.3) is 0 Å². The molecule has 0 spiro atoms.